The normalized spacial score (nSPS) is 11.7. The number of hydrogen-bond acceptors (Lipinski definition) is 2. The Hall–Kier alpha value is -0.890. The summed E-state index contributed by atoms with van der Waals surface area (Å²) in [6.07, 6.45) is 1.72. The number of rotatable bonds is 1. The molecule has 0 spiro atoms. The van der Waals surface area contributed by atoms with Crippen LogP contribution in [0.4, 0.5) is 0 Å². The fourth-order valence-corrected chi connectivity index (χ4v) is 0.962. The van der Waals surface area contributed by atoms with Crippen LogP contribution in [0.2, 0.25) is 0 Å². The van der Waals surface area contributed by atoms with Crippen molar-refractivity contribution in [3.63, 3.8) is 0 Å². The van der Waals surface area contributed by atoms with Gasteiger partial charge in [-0.15, -0.1) is 0 Å². The van der Waals surface area contributed by atoms with E-state index >= 15 is 0 Å². The van der Waals surface area contributed by atoms with Gasteiger partial charge in [0, 0.05) is 17.3 Å². The highest BCUT2D eigenvalue weighted by molar-refractivity contribution is 5.18. The van der Waals surface area contributed by atoms with E-state index in [1.54, 1.807) is 6.20 Å². The first-order chi connectivity index (χ1) is 5.54. The van der Waals surface area contributed by atoms with Gasteiger partial charge in [-0.25, -0.2) is 0 Å². The summed E-state index contributed by atoms with van der Waals surface area (Å²) in [7, 11) is 0. The molecule has 0 aromatic carbocycles. The third-order valence-electron chi connectivity index (χ3n) is 1.78. The maximum atomic E-state index is 8.79. The third kappa shape index (κ3) is 2.05. The number of nitrogens with zero attached hydrogens (tertiary/aromatic N) is 1. The highest BCUT2D eigenvalue weighted by Crippen LogP contribution is 2.19. The van der Waals surface area contributed by atoms with Crippen LogP contribution in [0.3, 0.4) is 0 Å². The van der Waals surface area contributed by atoms with Crippen LogP contribution in [0.5, 0.6) is 0 Å². The van der Waals surface area contributed by atoms with Crippen LogP contribution >= 0.6 is 0 Å². The molecule has 12 heavy (non-hydrogen) atoms. The molecule has 0 unspecified atom stereocenters. The first kappa shape index (κ1) is 9.20. The fourth-order valence-electron chi connectivity index (χ4n) is 0.962. The van der Waals surface area contributed by atoms with E-state index in [9.17, 15) is 0 Å². The zero-order chi connectivity index (χ0) is 9.19. The largest absolute Gasteiger partial charge is 0.392 e. The average Bonchev–Trinajstić information content (AvgIpc) is 2.03. The van der Waals surface area contributed by atoms with E-state index in [1.165, 1.54) is 0 Å². The van der Waals surface area contributed by atoms with Crippen molar-refractivity contribution in [3.05, 3.63) is 29.6 Å². The van der Waals surface area contributed by atoms with Crippen molar-refractivity contribution in [3.8, 4) is 0 Å². The van der Waals surface area contributed by atoms with Crippen LogP contribution in [0.15, 0.2) is 18.3 Å². The smallest absolute Gasteiger partial charge is 0.0696 e. The molecule has 1 heterocycles. The second-order valence-corrected chi connectivity index (χ2v) is 3.96. The summed E-state index contributed by atoms with van der Waals surface area (Å²) < 4.78 is 0. The lowest BCUT2D eigenvalue weighted by molar-refractivity contribution is 0.281. The minimum atomic E-state index is 0.0669. The van der Waals surface area contributed by atoms with Crippen LogP contribution in [0.1, 0.15) is 32.0 Å². The summed E-state index contributed by atoms with van der Waals surface area (Å²) >= 11 is 0. The third-order valence-corrected chi connectivity index (χ3v) is 1.78. The fraction of sp³-hybridized carbons (Fsp3) is 0.500. The van der Waals surface area contributed by atoms with E-state index in [0.717, 1.165) is 11.3 Å². The van der Waals surface area contributed by atoms with Crippen LogP contribution in [-0.4, -0.2) is 10.1 Å². The zero-order valence-corrected chi connectivity index (χ0v) is 7.83. The molecule has 0 radical (unpaired) electrons. The molecule has 0 saturated carbocycles. The van der Waals surface area contributed by atoms with Crippen molar-refractivity contribution >= 4 is 0 Å². The zero-order valence-electron chi connectivity index (χ0n) is 7.83. The molecule has 0 aliphatic carbocycles. The molecule has 0 aliphatic heterocycles. The molecular formula is C10H15NO. The molecule has 0 bridgehead atoms. The maximum Gasteiger partial charge on any atom is 0.0696 e. The number of aliphatic hydroxyl groups excluding tert-OH is 1. The van der Waals surface area contributed by atoms with Gasteiger partial charge in [-0.3, -0.25) is 4.98 Å². The molecule has 0 fully saturated rings. The quantitative estimate of drug-likeness (QED) is 0.689. The van der Waals surface area contributed by atoms with Crippen LogP contribution in [-0.2, 0) is 12.0 Å². The Morgan fingerprint density at radius 3 is 2.33 bits per heavy atom. The van der Waals surface area contributed by atoms with E-state index in [4.69, 9.17) is 5.11 Å². The first-order valence-electron chi connectivity index (χ1n) is 4.10. The van der Waals surface area contributed by atoms with Crippen LogP contribution in [0.25, 0.3) is 0 Å². The molecular weight excluding hydrogens is 150 g/mol. The second kappa shape index (κ2) is 3.23. The van der Waals surface area contributed by atoms with Crippen molar-refractivity contribution in [2.45, 2.75) is 32.8 Å². The number of aromatic nitrogens is 1. The Bertz CT molecular complexity index is 246. The predicted octanol–water partition coefficient (Wildman–Crippen LogP) is 1.87. The molecule has 0 atom stereocenters. The SMILES string of the molecule is CC(C)(C)c1ccc(CO)cn1. The molecule has 2 heteroatoms. The monoisotopic (exact) mass is 165 g/mol. The van der Waals surface area contributed by atoms with Crippen molar-refractivity contribution in [2.24, 2.45) is 0 Å². The summed E-state index contributed by atoms with van der Waals surface area (Å²) in [5.41, 5.74) is 2.01. The summed E-state index contributed by atoms with van der Waals surface area (Å²) in [5, 5.41) is 8.79. The molecule has 1 N–H and O–H groups in total. The topological polar surface area (TPSA) is 33.1 Å². The molecule has 0 saturated heterocycles. The van der Waals surface area contributed by atoms with Crippen molar-refractivity contribution in [2.75, 3.05) is 0 Å². The summed E-state index contributed by atoms with van der Waals surface area (Å²) in [4.78, 5) is 4.26. The number of aliphatic hydroxyl groups is 1. The minimum absolute atomic E-state index is 0.0669. The molecule has 1 aromatic heterocycles. The predicted molar refractivity (Wildman–Crippen MR) is 48.9 cm³/mol. The lowest BCUT2D eigenvalue weighted by Gasteiger charge is -2.17. The Morgan fingerprint density at radius 1 is 1.33 bits per heavy atom. The van der Waals surface area contributed by atoms with E-state index in [2.05, 4.69) is 25.8 Å². The van der Waals surface area contributed by atoms with Gasteiger partial charge in [0.25, 0.3) is 0 Å². The molecule has 66 valence electrons. The molecule has 1 aromatic rings. The van der Waals surface area contributed by atoms with Crippen molar-refractivity contribution < 1.29 is 5.11 Å². The van der Waals surface area contributed by atoms with Gasteiger partial charge in [0.05, 0.1) is 6.61 Å². The lowest BCUT2D eigenvalue weighted by Crippen LogP contribution is -2.13. The lowest BCUT2D eigenvalue weighted by atomic mass is 9.91. The Kier molecular flexibility index (Phi) is 2.48. The van der Waals surface area contributed by atoms with Crippen LogP contribution in [0, 0.1) is 0 Å². The number of pyridine rings is 1. The van der Waals surface area contributed by atoms with Gasteiger partial charge >= 0.3 is 0 Å². The van der Waals surface area contributed by atoms with Crippen molar-refractivity contribution in [1.29, 1.82) is 0 Å². The van der Waals surface area contributed by atoms with Gasteiger partial charge in [0.2, 0.25) is 0 Å². The molecule has 0 aliphatic rings. The average molecular weight is 165 g/mol. The van der Waals surface area contributed by atoms with E-state index in [0.29, 0.717) is 0 Å². The first-order valence-corrected chi connectivity index (χ1v) is 4.10. The van der Waals surface area contributed by atoms with Gasteiger partial charge in [0.15, 0.2) is 0 Å². The Morgan fingerprint density at radius 2 is 2.00 bits per heavy atom. The van der Waals surface area contributed by atoms with E-state index < -0.39 is 0 Å². The van der Waals surface area contributed by atoms with Gasteiger partial charge in [-0.1, -0.05) is 26.8 Å². The maximum absolute atomic E-state index is 8.79. The Balaban J connectivity index is 2.93. The van der Waals surface area contributed by atoms with Crippen molar-refractivity contribution in [1.82, 2.24) is 4.98 Å². The van der Waals surface area contributed by atoms with Gasteiger partial charge in [-0.2, -0.15) is 0 Å². The van der Waals surface area contributed by atoms with Gasteiger partial charge in [0.1, 0.15) is 0 Å². The van der Waals surface area contributed by atoms with Gasteiger partial charge < -0.3 is 5.11 Å². The molecule has 2 nitrogen and oxygen atoms in total. The Labute approximate surface area is 73.3 Å². The summed E-state index contributed by atoms with van der Waals surface area (Å²) in [5.74, 6) is 0. The number of hydrogen-bond donors (Lipinski definition) is 1. The summed E-state index contributed by atoms with van der Waals surface area (Å²) in [6.45, 7) is 6.42. The summed E-state index contributed by atoms with van der Waals surface area (Å²) in [6, 6.07) is 3.87. The minimum Gasteiger partial charge on any atom is -0.392 e. The van der Waals surface area contributed by atoms with Gasteiger partial charge in [-0.05, 0) is 11.6 Å². The second-order valence-electron chi connectivity index (χ2n) is 3.96. The van der Waals surface area contributed by atoms with Crippen LogP contribution < -0.4 is 0 Å². The molecule has 1 rings (SSSR count). The highest BCUT2D eigenvalue weighted by Gasteiger charge is 2.14. The van der Waals surface area contributed by atoms with E-state index in [1.807, 2.05) is 12.1 Å². The standard InChI is InChI=1S/C10H15NO/c1-10(2,3)9-5-4-8(7-12)6-11-9/h4-6,12H,7H2,1-3H3. The highest BCUT2D eigenvalue weighted by atomic mass is 16.3. The van der Waals surface area contributed by atoms with E-state index in [-0.39, 0.29) is 12.0 Å². The molecule has 0 amide bonds.